The number of hydrogen-bond acceptors (Lipinski definition) is 3. The predicted octanol–water partition coefficient (Wildman–Crippen LogP) is 3.25. The highest BCUT2D eigenvalue weighted by atomic mass is 16.7. The third-order valence-electron chi connectivity index (χ3n) is 5.81. The van der Waals surface area contributed by atoms with E-state index < -0.39 is 5.60 Å². The van der Waals surface area contributed by atoms with E-state index in [-0.39, 0.29) is 5.79 Å². The molecule has 3 nitrogen and oxygen atoms in total. The molecular weight excluding hydrogens is 240 g/mol. The molecule has 1 aliphatic heterocycles. The van der Waals surface area contributed by atoms with Crippen LogP contribution in [-0.2, 0) is 9.47 Å². The van der Waals surface area contributed by atoms with Crippen LogP contribution in [0.15, 0.2) is 0 Å². The van der Waals surface area contributed by atoms with E-state index in [1.807, 2.05) is 0 Å². The monoisotopic (exact) mass is 268 g/mol. The summed E-state index contributed by atoms with van der Waals surface area (Å²) in [5.41, 5.74) is -0.457. The maximum atomic E-state index is 11.1. The number of ether oxygens (including phenoxy) is 2. The Morgan fingerprint density at radius 2 is 1.63 bits per heavy atom. The minimum Gasteiger partial charge on any atom is -0.390 e. The Bertz CT molecular complexity index is 299. The van der Waals surface area contributed by atoms with Crippen molar-refractivity contribution in [3.63, 3.8) is 0 Å². The first-order valence-electron chi connectivity index (χ1n) is 8.18. The van der Waals surface area contributed by atoms with E-state index in [0.29, 0.717) is 5.92 Å². The first-order chi connectivity index (χ1) is 9.18. The average Bonchev–Trinajstić information content (AvgIpc) is 2.91. The van der Waals surface area contributed by atoms with Crippen LogP contribution >= 0.6 is 0 Å². The van der Waals surface area contributed by atoms with Gasteiger partial charge < -0.3 is 14.6 Å². The lowest BCUT2D eigenvalue weighted by molar-refractivity contribution is -0.215. The highest BCUT2D eigenvalue weighted by molar-refractivity contribution is 4.98. The van der Waals surface area contributed by atoms with Gasteiger partial charge in [0.25, 0.3) is 0 Å². The van der Waals surface area contributed by atoms with Gasteiger partial charge in [-0.25, -0.2) is 0 Å². The fraction of sp³-hybridized carbons (Fsp3) is 1.00. The first-order valence-corrected chi connectivity index (χ1v) is 8.18. The van der Waals surface area contributed by atoms with Gasteiger partial charge in [0.05, 0.1) is 18.8 Å². The van der Waals surface area contributed by atoms with Crippen molar-refractivity contribution in [3.8, 4) is 0 Å². The molecule has 0 aromatic carbocycles. The molecule has 1 heterocycles. The molecule has 2 saturated carbocycles. The van der Waals surface area contributed by atoms with Gasteiger partial charge >= 0.3 is 0 Å². The molecule has 110 valence electrons. The van der Waals surface area contributed by atoms with Crippen molar-refractivity contribution in [1.82, 2.24) is 0 Å². The molecule has 1 saturated heterocycles. The molecule has 3 fully saturated rings. The highest BCUT2D eigenvalue weighted by Crippen LogP contribution is 2.49. The third-order valence-corrected chi connectivity index (χ3v) is 5.81. The predicted molar refractivity (Wildman–Crippen MR) is 73.8 cm³/mol. The average molecular weight is 268 g/mol. The van der Waals surface area contributed by atoms with Gasteiger partial charge in [0, 0.05) is 12.8 Å². The molecule has 1 N–H and O–H groups in total. The number of hydrogen-bond donors (Lipinski definition) is 1. The quantitative estimate of drug-likeness (QED) is 0.835. The largest absolute Gasteiger partial charge is 0.390 e. The van der Waals surface area contributed by atoms with Gasteiger partial charge in [0.2, 0.25) is 0 Å². The zero-order valence-electron chi connectivity index (χ0n) is 12.2. The molecule has 2 aliphatic carbocycles. The van der Waals surface area contributed by atoms with E-state index in [9.17, 15) is 5.11 Å². The molecule has 3 rings (SSSR count). The number of rotatable bonds is 2. The molecule has 2 atom stereocenters. The summed E-state index contributed by atoms with van der Waals surface area (Å²) in [6.45, 7) is 3.72. The summed E-state index contributed by atoms with van der Waals surface area (Å²) in [7, 11) is 0. The van der Waals surface area contributed by atoms with Gasteiger partial charge in [-0.05, 0) is 31.1 Å². The standard InChI is InChI=1S/C16H28O3/c1-2-13-5-3-4-6-14(13)15(17)7-9-16(10-8-15)18-11-12-19-16/h13-14,17H,2-12H2,1H3. The van der Waals surface area contributed by atoms with E-state index in [2.05, 4.69) is 6.92 Å². The van der Waals surface area contributed by atoms with Gasteiger partial charge in [-0.3, -0.25) is 0 Å². The zero-order valence-corrected chi connectivity index (χ0v) is 12.2. The van der Waals surface area contributed by atoms with Crippen molar-refractivity contribution in [3.05, 3.63) is 0 Å². The SMILES string of the molecule is CCC1CCCCC1C1(O)CCC2(CC1)OCCO2. The van der Waals surface area contributed by atoms with Crippen molar-refractivity contribution in [2.45, 2.75) is 76.1 Å². The smallest absolute Gasteiger partial charge is 0.168 e. The lowest BCUT2D eigenvalue weighted by Gasteiger charge is -2.48. The molecule has 19 heavy (non-hydrogen) atoms. The van der Waals surface area contributed by atoms with Crippen LogP contribution in [-0.4, -0.2) is 29.7 Å². The number of aliphatic hydroxyl groups is 1. The molecule has 0 aromatic rings. The summed E-state index contributed by atoms with van der Waals surface area (Å²) >= 11 is 0. The van der Waals surface area contributed by atoms with Crippen LogP contribution in [0, 0.1) is 11.8 Å². The molecule has 0 radical (unpaired) electrons. The van der Waals surface area contributed by atoms with Crippen LogP contribution < -0.4 is 0 Å². The Hall–Kier alpha value is -0.120. The maximum Gasteiger partial charge on any atom is 0.168 e. The summed E-state index contributed by atoms with van der Waals surface area (Å²) in [6.07, 6.45) is 9.83. The Labute approximate surface area is 116 Å². The van der Waals surface area contributed by atoms with Gasteiger partial charge in [-0.15, -0.1) is 0 Å². The van der Waals surface area contributed by atoms with Crippen molar-refractivity contribution in [2.24, 2.45) is 11.8 Å². The minimum atomic E-state index is -0.457. The normalized spacial score (nSPS) is 37.6. The molecule has 3 heteroatoms. The van der Waals surface area contributed by atoms with Gasteiger partial charge in [0.1, 0.15) is 0 Å². The fourth-order valence-corrected chi connectivity index (χ4v) is 4.62. The van der Waals surface area contributed by atoms with Crippen LogP contribution in [0.1, 0.15) is 64.7 Å². The Morgan fingerprint density at radius 3 is 2.26 bits per heavy atom. The summed E-state index contributed by atoms with van der Waals surface area (Å²) < 4.78 is 11.6. The van der Waals surface area contributed by atoms with Crippen LogP contribution in [0.5, 0.6) is 0 Å². The van der Waals surface area contributed by atoms with Crippen molar-refractivity contribution >= 4 is 0 Å². The Morgan fingerprint density at radius 1 is 1.00 bits per heavy atom. The maximum absolute atomic E-state index is 11.1. The van der Waals surface area contributed by atoms with Crippen molar-refractivity contribution in [1.29, 1.82) is 0 Å². The summed E-state index contributed by atoms with van der Waals surface area (Å²) in [4.78, 5) is 0. The van der Waals surface area contributed by atoms with Crippen LogP contribution in [0.3, 0.4) is 0 Å². The minimum absolute atomic E-state index is 0.345. The van der Waals surface area contributed by atoms with Gasteiger partial charge in [-0.2, -0.15) is 0 Å². The molecule has 0 bridgehead atoms. The molecule has 3 aliphatic rings. The van der Waals surface area contributed by atoms with Crippen LogP contribution in [0.2, 0.25) is 0 Å². The highest BCUT2D eigenvalue weighted by Gasteiger charge is 2.50. The van der Waals surface area contributed by atoms with E-state index >= 15 is 0 Å². The summed E-state index contributed by atoms with van der Waals surface area (Å²) in [5, 5.41) is 11.1. The Balaban J connectivity index is 1.66. The lowest BCUT2D eigenvalue weighted by atomic mass is 9.63. The molecular formula is C16H28O3. The van der Waals surface area contributed by atoms with Crippen molar-refractivity contribution in [2.75, 3.05) is 13.2 Å². The third kappa shape index (κ3) is 2.57. The second kappa shape index (κ2) is 5.34. The topological polar surface area (TPSA) is 38.7 Å². The molecule has 2 unspecified atom stereocenters. The van der Waals surface area contributed by atoms with E-state index in [1.54, 1.807) is 0 Å². The molecule has 0 aromatic heterocycles. The van der Waals surface area contributed by atoms with Crippen molar-refractivity contribution < 1.29 is 14.6 Å². The van der Waals surface area contributed by atoms with E-state index in [0.717, 1.165) is 44.8 Å². The van der Waals surface area contributed by atoms with E-state index in [4.69, 9.17) is 9.47 Å². The van der Waals surface area contributed by atoms with Crippen LogP contribution in [0.4, 0.5) is 0 Å². The zero-order chi connectivity index (χ0) is 13.3. The molecule has 1 spiro atoms. The second-order valence-electron chi connectivity index (χ2n) is 6.77. The summed E-state index contributed by atoms with van der Waals surface area (Å²) in [5.74, 6) is 0.881. The van der Waals surface area contributed by atoms with Gasteiger partial charge in [0.15, 0.2) is 5.79 Å². The molecule has 0 amide bonds. The first kappa shape index (κ1) is 13.8. The van der Waals surface area contributed by atoms with E-state index in [1.165, 1.54) is 32.1 Å². The van der Waals surface area contributed by atoms with Gasteiger partial charge in [-0.1, -0.05) is 32.6 Å². The van der Waals surface area contributed by atoms with Crippen LogP contribution in [0.25, 0.3) is 0 Å². The Kier molecular flexibility index (Phi) is 3.89. The second-order valence-corrected chi connectivity index (χ2v) is 6.77. The summed E-state index contributed by atoms with van der Waals surface area (Å²) in [6, 6.07) is 0. The fourth-order valence-electron chi connectivity index (χ4n) is 4.62. The lowest BCUT2D eigenvalue weighted by Crippen LogP contribution is -2.50.